The van der Waals surface area contributed by atoms with Crippen LogP contribution in [0.3, 0.4) is 0 Å². The smallest absolute Gasteiger partial charge is 0.182 e. The standard InChI is InChI=1S/C18H16Cl2N2O2S/c1-23-16-8-13(10-22-18-21-6-7-25-18)15(20)9-17(16)24-11-12-4-2-3-5-14(12)19/h2-9H,10-11H2,1H3,(H,21,22). The quantitative estimate of drug-likeness (QED) is 0.562. The van der Waals surface area contributed by atoms with Gasteiger partial charge in [0.15, 0.2) is 16.6 Å². The van der Waals surface area contributed by atoms with Crippen molar-refractivity contribution in [3.8, 4) is 11.5 Å². The molecule has 0 saturated heterocycles. The lowest BCUT2D eigenvalue weighted by atomic mass is 10.2. The summed E-state index contributed by atoms with van der Waals surface area (Å²) >= 11 is 14.1. The van der Waals surface area contributed by atoms with Crippen LogP contribution in [0.5, 0.6) is 11.5 Å². The van der Waals surface area contributed by atoms with Crippen LogP contribution in [-0.4, -0.2) is 12.1 Å². The molecule has 0 aliphatic carbocycles. The SMILES string of the molecule is COc1cc(CNc2nccs2)c(Cl)cc1OCc1ccccc1Cl. The van der Waals surface area contributed by atoms with Crippen molar-refractivity contribution in [3.63, 3.8) is 0 Å². The van der Waals surface area contributed by atoms with Gasteiger partial charge in [0.2, 0.25) is 0 Å². The van der Waals surface area contributed by atoms with Crippen molar-refractivity contribution in [1.29, 1.82) is 0 Å². The van der Waals surface area contributed by atoms with Gasteiger partial charge in [-0.1, -0.05) is 41.4 Å². The van der Waals surface area contributed by atoms with Crippen LogP contribution in [0.4, 0.5) is 5.13 Å². The molecule has 2 aromatic carbocycles. The summed E-state index contributed by atoms with van der Waals surface area (Å²) in [6.07, 6.45) is 1.75. The lowest BCUT2D eigenvalue weighted by Crippen LogP contribution is -2.03. The molecule has 1 aromatic heterocycles. The average molecular weight is 395 g/mol. The maximum absolute atomic E-state index is 6.39. The van der Waals surface area contributed by atoms with E-state index in [-0.39, 0.29) is 0 Å². The van der Waals surface area contributed by atoms with Crippen LogP contribution >= 0.6 is 34.5 Å². The second-order valence-electron chi connectivity index (χ2n) is 5.17. The Morgan fingerprint density at radius 1 is 1.08 bits per heavy atom. The Morgan fingerprint density at radius 3 is 2.64 bits per heavy atom. The molecule has 0 atom stereocenters. The molecule has 4 nitrogen and oxygen atoms in total. The minimum Gasteiger partial charge on any atom is -0.493 e. The van der Waals surface area contributed by atoms with Crippen molar-refractivity contribution in [2.75, 3.05) is 12.4 Å². The predicted molar refractivity (Wildman–Crippen MR) is 103 cm³/mol. The van der Waals surface area contributed by atoms with Gasteiger partial charge in [0.05, 0.1) is 7.11 Å². The molecular weight excluding hydrogens is 379 g/mol. The van der Waals surface area contributed by atoms with Gasteiger partial charge in [0.1, 0.15) is 6.61 Å². The first kappa shape index (κ1) is 17.9. The third kappa shape index (κ3) is 4.57. The highest BCUT2D eigenvalue weighted by Crippen LogP contribution is 2.34. The number of nitrogens with zero attached hydrogens (tertiary/aromatic N) is 1. The molecule has 3 aromatic rings. The molecule has 0 radical (unpaired) electrons. The first-order valence-electron chi connectivity index (χ1n) is 7.53. The fraction of sp³-hybridized carbons (Fsp3) is 0.167. The number of methoxy groups -OCH3 is 1. The lowest BCUT2D eigenvalue weighted by Gasteiger charge is -2.14. The van der Waals surface area contributed by atoms with Crippen LogP contribution in [0.1, 0.15) is 11.1 Å². The first-order valence-corrected chi connectivity index (χ1v) is 9.17. The summed E-state index contributed by atoms with van der Waals surface area (Å²) in [4.78, 5) is 4.19. The topological polar surface area (TPSA) is 43.4 Å². The van der Waals surface area contributed by atoms with E-state index in [9.17, 15) is 0 Å². The Labute approximate surface area is 160 Å². The number of aromatic nitrogens is 1. The summed E-state index contributed by atoms with van der Waals surface area (Å²) in [6.45, 7) is 0.885. The molecular formula is C18H16Cl2N2O2S. The summed E-state index contributed by atoms with van der Waals surface area (Å²) < 4.78 is 11.3. The van der Waals surface area contributed by atoms with Crippen LogP contribution in [0, 0.1) is 0 Å². The summed E-state index contributed by atoms with van der Waals surface area (Å²) in [5.74, 6) is 1.19. The second-order valence-corrected chi connectivity index (χ2v) is 6.87. The van der Waals surface area contributed by atoms with E-state index in [2.05, 4.69) is 10.3 Å². The Bertz CT molecular complexity index is 841. The second kappa shape index (κ2) is 8.43. The van der Waals surface area contributed by atoms with Gasteiger partial charge in [-0.2, -0.15) is 0 Å². The molecule has 0 amide bonds. The maximum Gasteiger partial charge on any atom is 0.182 e. The summed E-state index contributed by atoms with van der Waals surface area (Å²) in [5, 5.41) is 7.24. The Hall–Kier alpha value is -1.95. The molecule has 0 saturated carbocycles. The van der Waals surface area contributed by atoms with E-state index in [0.29, 0.717) is 34.7 Å². The van der Waals surface area contributed by atoms with Crippen molar-refractivity contribution in [3.05, 3.63) is 69.1 Å². The Balaban J connectivity index is 1.73. The molecule has 1 heterocycles. The van der Waals surface area contributed by atoms with Crippen LogP contribution in [0.2, 0.25) is 10.0 Å². The molecule has 25 heavy (non-hydrogen) atoms. The minimum atomic E-state index is 0.336. The maximum atomic E-state index is 6.39. The fourth-order valence-electron chi connectivity index (χ4n) is 2.24. The van der Waals surface area contributed by atoms with Crippen molar-refractivity contribution < 1.29 is 9.47 Å². The third-order valence-electron chi connectivity index (χ3n) is 3.54. The highest BCUT2D eigenvalue weighted by atomic mass is 35.5. The number of nitrogens with one attached hydrogen (secondary N) is 1. The van der Waals surface area contributed by atoms with E-state index < -0.39 is 0 Å². The van der Waals surface area contributed by atoms with Crippen LogP contribution in [-0.2, 0) is 13.2 Å². The molecule has 0 aliphatic rings. The highest BCUT2D eigenvalue weighted by Gasteiger charge is 2.12. The molecule has 3 rings (SSSR count). The van der Waals surface area contributed by atoms with Crippen molar-refractivity contribution in [2.45, 2.75) is 13.2 Å². The van der Waals surface area contributed by atoms with Crippen LogP contribution in [0.25, 0.3) is 0 Å². The molecule has 1 N–H and O–H groups in total. The van der Waals surface area contributed by atoms with Gasteiger partial charge >= 0.3 is 0 Å². The molecule has 0 unspecified atom stereocenters. The van der Waals surface area contributed by atoms with Crippen LogP contribution < -0.4 is 14.8 Å². The van der Waals surface area contributed by atoms with Gasteiger partial charge in [0, 0.05) is 39.8 Å². The number of anilines is 1. The number of rotatable bonds is 7. The zero-order valence-electron chi connectivity index (χ0n) is 13.5. The number of halogens is 2. The molecule has 0 aliphatic heterocycles. The number of ether oxygens (including phenoxy) is 2. The monoisotopic (exact) mass is 394 g/mol. The van der Waals surface area contributed by atoms with Gasteiger partial charge in [0.25, 0.3) is 0 Å². The minimum absolute atomic E-state index is 0.336. The number of hydrogen-bond acceptors (Lipinski definition) is 5. The number of hydrogen-bond donors (Lipinski definition) is 1. The van der Waals surface area contributed by atoms with E-state index in [4.69, 9.17) is 32.7 Å². The first-order chi connectivity index (χ1) is 12.2. The van der Waals surface area contributed by atoms with Crippen LogP contribution in [0.15, 0.2) is 48.0 Å². The van der Waals surface area contributed by atoms with Crippen molar-refractivity contribution >= 4 is 39.7 Å². The molecule has 7 heteroatoms. The molecule has 0 spiro atoms. The average Bonchev–Trinajstić information content (AvgIpc) is 3.13. The summed E-state index contributed by atoms with van der Waals surface area (Å²) in [6, 6.07) is 11.2. The highest BCUT2D eigenvalue weighted by molar-refractivity contribution is 7.13. The van der Waals surface area contributed by atoms with Gasteiger partial charge in [-0.05, 0) is 17.7 Å². The van der Waals surface area contributed by atoms with E-state index in [1.54, 1.807) is 19.4 Å². The predicted octanol–water partition coefficient (Wildman–Crippen LogP) is 5.65. The van der Waals surface area contributed by atoms with Crippen molar-refractivity contribution in [1.82, 2.24) is 4.98 Å². The van der Waals surface area contributed by atoms with E-state index >= 15 is 0 Å². The Morgan fingerprint density at radius 2 is 1.92 bits per heavy atom. The zero-order valence-corrected chi connectivity index (χ0v) is 15.8. The molecule has 130 valence electrons. The largest absolute Gasteiger partial charge is 0.493 e. The molecule has 0 bridgehead atoms. The normalized spacial score (nSPS) is 10.5. The van der Waals surface area contributed by atoms with Gasteiger partial charge in [-0.3, -0.25) is 0 Å². The fourth-order valence-corrected chi connectivity index (χ4v) is 3.18. The summed E-state index contributed by atoms with van der Waals surface area (Å²) in [7, 11) is 1.60. The lowest BCUT2D eigenvalue weighted by molar-refractivity contribution is 0.284. The van der Waals surface area contributed by atoms with Gasteiger partial charge < -0.3 is 14.8 Å². The van der Waals surface area contributed by atoms with Crippen molar-refractivity contribution in [2.24, 2.45) is 0 Å². The van der Waals surface area contributed by atoms with E-state index in [0.717, 1.165) is 16.3 Å². The van der Waals surface area contributed by atoms with Gasteiger partial charge in [-0.25, -0.2) is 4.98 Å². The Kier molecular flexibility index (Phi) is 6.02. The van der Waals surface area contributed by atoms with E-state index in [1.807, 2.05) is 35.7 Å². The number of benzene rings is 2. The zero-order chi connectivity index (χ0) is 17.6. The number of thiazole rings is 1. The third-order valence-corrected chi connectivity index (χ3v) is 4.99. The summed E-state index contributed by atoms with van der Waals surface area (Å²) in [5.41, 5.74) is 1.80. The van der Waals surface area contributed by atoms with E-state index in [1.165, 1.54) is 11.3 Å². The molecule has 0 fully saturated rings. The van der Waals surface area contributed by atoms with Gasteiger partial charge in [-0.15, -0.1) is 11.3 Å².